The standard InChI is InChI=1S/C17H29N3O3S/c1-13(2)11-20(14(3)4)17(21)16-10-15(12-18(16)5)24(22,23)19-8-6-7-9-19/h10,12-14H,6-9,11H2,1-5H3. The minimum atomic E-state index is -3.50. The zero-order valence-corrected chi connectivity index (χ0v) is 16.1. The SMILES string of the molecule is CC(C)CN(C(=O)c1cc(S(=O)(=O)N2CCCC2)cn1C)C(C)C. The molecule has 0 radical (unpaired) electrons. The van der Waals surface area contributed by atoms with E-state index < -0.39 is 10.0 Å². The van der Waals surface area contributed by atoms with Crippen LogP contribution in [-0.2, 0) is 17.1 Å². The van der Waals surface area contributed by atoms with Crippen LogP contribution in [0.4, 0.5) is 0 Å². The molecule has 0 aromatic carbocycles. The van der Waals surface area contributed by atoms with Crippen LogP contribution in [0, 0.1) is 5.92 Å². The third-order valence-electron chi connectivity index (χ3n) is 4.35. The van der Waals surface area contributed by atoms with Crippen LogP contribution < -0.4 is 0 Å². The normalized spacial score (nSPS) is 16.3. The van der Waals surface area contributed by atoms with Crippen molar-refractivity contribution in [1.82, 2.24) is 13.8 Å². The first kappa shape index (κ1) is 19.0. The van der Waals surface area contributed by atoms with Crippen LogP contribution in [0.3, 0.4) is 0 Å². The van der Waals surface area contributed by atoms with E-state index in [1.807, 2.05) is 13.8 Å². The molecular weight excluding hydrogens is 326 g/mol. The van der Waals surface area contributed by atoms with E-state index in [1.165, 1.54) is 10.4 Å². The second-order valence-electron chi connectivity index (χ2n) is 7.23. The van der Waals surface area contributed by atoms with Crippen LogP contribution in [0.1, 0.15) is 51.0 Å². The molecule has 0 N–H and O–H groups in total. The van der Waals surface area contributed by atoms with Gasteiger partial charge in [-0.15, -0.1) is 0 Å². The maximum absolute atomic E-state index is 12.9. The summed E-state index contributed by atoms with van der Waals surface area (Å²) in [6.45, 7) is 9.86. The smallest absolute Gasteiger partial charge is 0.270 e. The maximum atomic E-state index is 12.9. The van der Waals surface area contributed by atoms with Crippen molar-refractivity contribution in [2.45, 2.75) is 51.5 Å². The van der Waals surface area contributed by atoms with E-state index in [2.05, 4.69) is 13.8 Å². The number of aromatic nitrogens is 1. The van der Waals surface area contributed by atoms with E-state index in [-0.39, 0.29) is 16.8 Å². The average Bonchev–Trinajstić information content (AvgIpc) is 3.13. The zero-order chi connectivity index (χ0) is 18.1. The topological polar surface area (TPSA) is 62.6 Å². The van der Waals surface area contributed by atoms with Gasteiger partial charge >= 0.3 is 0 Å². The molecule has 2 heterocycles. The molecule has 2 rings (SSSR count). The Bertz CT molecular complexity index is 686. The Morgan fingerprint density at radius 3 is 2.29 bits per heavy atom. The van der Waals surface area contributed by atoms with Crippen molar-refractivity contribution in [2.75, 3.05) is 19.6 Å². The van der Waals surface area contributed by atoms with Crippen LogP contribution >= 0.6 is 0 Å². The van der Waals surface area contributed by atoms with Crippen molar-refractivity contribution in [3.05, 3.63) is 18.0 Å². The van der Waals surface area contributed by atoms with Crippen LogP contribution in [0.5, 0.6) is 0 Å². The lowest BCUT2D eigenvalue weighted by Gasteiger charge is -2.28. The summed E-state index contributed by atoms with van der Waals surface area (Å²) in [5.41, 5.74) is 0.419. The van der Waals surface area contributed by atoms with E-state index in [0.29, 0.717) is 31.2 Å². The van der Waals surface area contributed by atoms with E-state index >= 15 is 0 Å². The molecule has 0 saturated carbocycles. The largest absolute Gasteiger partial charge is 0.345 e. The van der Waals surface area contributed by atoms with Gasteiger partial charge in [-0.3, -0.25) is 4.79 Å². The molecule has 0 aliphatic carbocycles. The molecule has 1 aromatic heterocycles. The van der Waals surface area contributed by atoms with E-state index in [1.54, 1.807) is 22.7 Å². The first-order valence-electron chi connectivity index (χ1n) is 8.62. The summed E-state index contributed by atoms with van der Waals surface area (Å²) in [7, 11) is -1.77. The summed E-state index contributed by atoms with van der Waals surface area (Å²) in [5.74, 6) is 0.230. The second kappa shape index (κ2) is 7.27. The van der Waals surface area contributed by atoms with E-state index in [9.17, 15) is 13.2 Å². The lowest BCUT2D eigenvalue weighted by atomic mass is 10.1. The lowest BCUT2D eigenvalue weighted by Crippen LogP contribution is -2.40. The Morgan fingerprint density at radius 1 is 1.21 bits per heavy atom. The van der Waals surface area contributed by atoms with Crippen molar-refractivity contribution in [2.24, 2.45) is 13.0 Å². The van der Waals surface area contributed by atoms with Crippen molar-refractivity contribution in [1.29, 1.82) is 0 Å². The molecule has 6 nitrogen and oxygen atoms in total. The van der Waals surface area contributed by atoms with Gasteiger partial charge in [-0.05, 0) is 38.7 Å². The fourth-order valence-electron chi connectivity index (χ4n) is 3.03. The van der Waals surface area contributed by atoms with Gasteiger partial charge in [0, 0.05) is 38.9 Å². The number of carbonyl (C=O) groups is 1. The highest BCUT2D eigenvalue weighted by atomic mass is 32.2. The van der Waals surface area contributed by atoms with E-state index in [4.69, 9.17) is 0 Å². The third-order valence-corrected chi connectivity index (χ3v) is 6.21. The molecule has 1 saturated heterocycles. The Balaban J connectivity index is 2.32. The molecule has 0 spiro atoms. The molecule has 24 heavy (non-hydrogen) atoms. The molecule has 1 aromatic rings. The summed E-state index contributed by atoms with van der Waals surface area (Å²) < 4.78 is 28.5. The van der Waals surface area contributed by atoms with Gasteiger partial charge in [0.1, 0.15) is 10.6 Å². The Kier molecular flexibility index (Phi) is 5.75. The highest BCUT2D eigenvalue weighted by Crippen LogP contribution is 2.23. The monoisotopic (exact) mass is 355 g/mol. The lowest BCUT2D eigenvalue weighted by molar-refractivity contribution is 0.0672. The quantitative estimate of drug-likeness (QED) is 0.787. The van der Waals surface area contributed by atoms with Crippen LogP contribution in [0.2, 0.25) is 0 Å². The van der Waals surface area contributed by atoms with Crippen molar-refractivity contribution in [3.8, 4) is 0 Å². The predicted molar refractivity (Wildman–Crippen MR) is 94.4 cm³/mol. The fourth-order valence-corrected chi connectivity index (χ4v) is 4.62. The minimum absolute atomic E-state index is 0.0634. The second-order valence-corrected chi connectivity index (χ2v) is 9.17. The van der Waals surface area contributed by atoms with Gasteiger partial charge < -0.3 is 9.47 Å². The van der Waals surface area contributed by atoms with Crippen molar-refractivity contribution in [3.63, 3.8) is 0 Å². The molecule has 136 valence electrons. The van der Waals surface area contributed by atoms with Crippen molar-refractivity contribution >= 4 is 15.9 Å². The maximum Gasteiger partial charge on any atom is 0.270 e. The van der Waals surface area contributed by atoms with Crippen LogP contribution in [-0.4, -0.2) is 53.8 Å². The Morgan fingerprint density at radius 2 is 1.79 bits per heavy atom. The number of hydrogen-bond acceptors (Lipinski definition) is 3. The molecule has 1 amide bonds. The minimum Gasteiger partial charge on any atom is -0.345 e. The molecular formula is C17H29N3O3S. The number of nitrogens with zero attached hydrogens (tertiary/aromatic N) is 3. The van der Waals surface area contributed by atoms with E-state index in [0.717, 1.165) is 12.8 Å². The summed E-state index contributed by atoms with van der Waals surface area (Å²) >= 11 is 0. The van der Waals surface area contributed by atoms with Gasteiger partial charge in [0.15, 0.2) is 0 Å². The molecule has 0 unspecified atom stereocenters. The number of sulfonamides is 1. The molecule has 1 fully saturated rings. The van der Waals surface area contributed by atoms with Gasteiger partial charge in [0.25, 0.3) is 5.91 Å². The number of hydrogen-bond donors (Lipinski definition) is 0. The van der Waals surface area contributed by atoms with Crippen LogP contribution in [0.15, 0.2) is 17.2 Å². The van der Waals surface area contributed by atoms with Crippen molar-refractivity contribution < 1.29 is 13.2 Å². The van der Waals surface area contributed by atoms with Gasteiger partial charge in [0.05, 0.1) is 0 Å². The molecule has 1 aliphatic heterocycles. The number of aryl methyl sites for hydroxylation is 1. The number of carbonyl (C=O) groups excluding carboxylic acids is 1. The summed E-state index contributed by atoms with van der Waals surface area (Å²) in [6, 6.07) is 1.58. The highest BCUT2D eigenvalue weighted by Gasteiger charge is 2.30. The highest BCUT2D eigenvalue weighted by molar-refractivity contribution is 7.89. The molecule has 7 heteroatoms. The molecule has 0 bridgehead atoms. The zero-order valence-electron chi connectivity index (χ0n) is 15.3. The Labute approximate surface area is 145 Å². The summed E-state index contributed by atoms with van der Waals surface area (Å²) in [6.07, 6.45) is 3.34. The Hall–Kier alpha value is -1.34. The summed E-state index contributed by atoms with van der Waals surface area (Å²) in [4.78, 5) is 14.9. The molecule has 0 atom stereocenters. The first-order chi connectivity index (χ1) is 11.1. The van der Waals surface area contributed by atoms with Gasteiger partial charge in [-0.1, -0.05) is 13.8 Å². The predicted octanol–water partition coefficient (Wildman–Crippen LogP) is 2.32. The van der Waals surface area contributed by atoms with Crippen LogP contribution in [0.25, 0.3) is 0 Å². The third kappa shape index (κ3) is 3.83. The van der Waals surface area contributed by atoms with Gasteiger partial charge in [0.2, 0.25) is 10.0 Å². The summed E-state index contributed by atoms with van der Waals surface area (Å²) in [5, 5.41) is 0. The molecule has 1 aliphatic rings. The first-order valence-corrected chi connectivity index (χ1v) is 10.1. The van der Waals surface area contributed by atoms with Gasteiger partial charge in [-0.25, -0.2) is 8.42 Å². The number of rotatable bonds is 6. The average molecular weight is 356 g/mol. The number of amides is 1. The van der Waals surface area contributed by atoms with Gasteiger partial charge in [-0.2, -0.15) is 4.31 Å². The fraction of sp³-hybridized carbons (Fsp3) is 0.706.